The molecular formula is C9H11ClN4O2S. The second-order valence-electron chi connectivity index (χ2n) is 3.41. The fourth-order valence-corrected chi connectivity index (χ4v) is 2.63. The van der Waals surface area contributed by atoms with Gasteiger partial charge in [-0.05, 0) is 0 Å². The Bertz CT molecular complexity index is 462. The van der Waals surface area contributed by atoms with Crippen LogP contribution in [0.2, 0.25) is 4.34 Å². The summed E-state index contributed by atoms with van der Waals surface area (Å²) in [5, 5.41) is 0.665. The molecule has 0 bridgehead atoms. The largest absolute Gasteiger partial charge is 0.385 e. The minimum Gasteiger partial charge on any atom is -0.385 e. The van der Waals surface area contributed by atoms with E-state index in [0.717, 1.165) is 0 Å². The Morgan fingerprint density at radius 1 is 1.71 bits per heavy atom. The van der Waals surface area contributed by atoms with Crippen LogP contribution < -0.4 is 5.73 Å². The molecule has 2 rings (SSSR count). The standard InChI is InChI=1S/C9H11ClN4O2S/c1-16-3-2-14-6(7(11)13-9(14)15)8-12-4-5(10)17-8/h4,6H,2-3H2,1H3,(H2,11,13,15). The quantitative estimate of drug-likeness (QED) is 0.897. The zero-order chi connectivity index (χ0) is 12.4. The number of carbonyl (C=O) groups excluding carboxylic acids is 1. The third-order valence-electron chi connectivity index (χ3n) is 2.33. The molecule has 1 aliphatic rings. The smallest absolute Gasteiger partial charge is 0.346 e. The molecule has 1 unspecified atom stereocenters. The number of carbonyl (C=O) groups is 1. The Balaban J connectivity index is 2.23. The first kappa shape index (κ1) is 12.3. The van der Waals surface area contributed by atoms with Crippen LogP contribution in [-0.4, -0.2) is 42.0 Å². The number of hydrogen-bond donors (Lipinski definition) is 1. The van der Waals surface area contributed by atoms with Gasteiger partial charge in [-0.1, -0.05) is 11.6 Å². The number of aliphatic imine (C=N–C) groups is 1. The van der Waals surface area contributed by atoms with Gasteiger partial charge in [-0.25, -0.2) is 9.78 Å². The number of nitrogens with two attached hydrogens (primary N) is 1. The molecule has 2 heterocycles. The lowest BCUT2D eigenvalue weighted by molar-refractivity contribution is 0.150. The molecule has 1 aliphatic heterocycles. The lowest BCUT2D eigenvalue weighted by Crippen LogP contribution is -2.35. The molecule has 0 spiro atoms. The van der Waals surface area contributed by atoms with Gasteiger partial charge in [0.2, 0.25) is 0 Å². The highest BCUT2D eigenvalue weighted by molar-refractivity contribution is 7.16. The van der Waals surface area contributed by atoms with Crippen LogP contribution in [0.15, 0.2) is 11.2 Å². The highest BCUT2D eigenvalue weighted by Crippen LogP contribution is 2.31. The van der Waals surface area contributed by atoms with Gasteiger partial charge in [0.25, 0.3) is 0 Å². The molecular weight excluding hydrogens is 264 g/mol. The van der Waals surface area contributed by atoms with Gasteiger partial charge >= 0.3 is 6.03 Å². The highest BCUT2D eigenvalue weighted by Gasteiger charge is 2.36. The molecule has 0 aliphatic carbocycles. The molecule has 17 heavy (non-hydrogen) atoms. The number of urea groups is 1. The van der Waals surface area contributed by atoms with Crippen LogP contribution in [0.25, 0.3) is 0 Å². The first-order valence-electron chi connectivity index (χ1n) is 4.88. The number of rotatable bonds is 4. The van der Waals surface area contributed by atoms with Gasteiger partial charge in [0.15, 0.2) is 0 Å². The summed E-state index contributed by atoms with van der Waals surface area (Å²) < 4.78 is 5.50. The number of methoxy groups -OCH3 is 1. The Morgan fingerprint density at radius 2 is 2.47 bits per heavy atom. The van der Waals surface area contributed by atoms with E-state index in [9.17, 15) is 4.79 Å². The third-order valence-corrected chi connectivity index (χ3v) is 3.50. The van der Waals surface area contributed by atoms with Crippen molar-refractivity contribution in [1.82, 2.24) is 9.88 Å². The van der Waals surface area contributed by atoms with Gasteiger partial charge in [-0.15, -0.1) is 11.3 Å². The molecule has 0 saturated carbocycles. The van der Waals surface area contributed by atoms with Crippen molar-refractivity contribution < 1.29 is 9.53 Å². The monoisotopic (exact) mass is 274 g/mol. The van der Waals surface area contributed by atoms with E-state index in [1.54, 1.807) is 7.11 Å². The van der Waals surface area contributed by atoms with Gasteiger partial charge in [0.05, 0.1) is 12.8 Å². The SMILES string of the molecule is COCCN1C(=O)N=C(N)C1c1ncc(Cl)s1. The summed E-state index contributed by atoms with van der Waals surface area (Å²) in [7, 11) is 1.57. The van der Waals surface area contributed by atoms with Crippen LogP contribution >= 0.6 is 22.9 Å². The van der Waals surface area contributed by atoms with Gasteiger partial charge in [0.1, 0.15) is 21.2 Å². The van der Waals surface area contributed by atoms with Crippen LogP contribution in [0.1, 0.15) is 11.0 Å². The molecule has 6 nitrogen and oxygen atoms in total. The Morgan fingerprint density at radius 3 is 3.06 bits per heavy atom. The maximum atomic E-state index is 11.6. The Kier molecular flexibility index (Phi) is 3.60. The predicted molar refractivity (Wildman–Crippen MR) is 65.5 cm³/mol. The minimum absolute atomic E-state index is 0.247. The van der Waals surface area contributed by atoms with Gasteiger partial charge < -0.3 is 15.4 Å². The molecule has 8 heteroatoms. The summed E-state index contributed by atoms with van der Waals surface area (Å²) in [5.41, 5.74) is 5.74. The van der Waals surface area contributed by atoms with E-state index in [1.807, 2.05) is 0 Å². The van der Waals surface area contributed by atoms with E-state index in [4.69, 9.17) is 22.1 Å². The van der Waals surface area contributed by atoms with Crippen LogP contribution in [-0.2, 0) is 4.74 Å². The van der Waals surface area contributed by atoms with Gasteiger partial charge in [-0.3, -0.25) is 0 Å². The van der Waals surface area contributed by atoms with Gasteiger partial charge in [0, 0.05) is 13.7 Å². The first-order valence-corrected chi connectivity index (χ1v) is 6.07. The number of ether oxygens (including phenoxy) is 1. The van der Waals surface area contributed by atoms with Crippen LogP contribution in [0.3, 0.4) is 0 Å². The first-order chi connectivity index (χ1) is 8.13. The lowest BCUT2D eigenvalue weighted by atomic mass is 10.2. The lowest BCUT2D eigenvalue weighted by Gasteiger charge is -2.21. The van der Waals surface area contributed by atoms with E-state index in [0.29, 0.717) is 22.5 Å². The number of amides is 2. The molecule has 0 saturated heterocycles. The normalized spacial score (nSPS) is 19.9. The van der Waals surface area contributed by atoms with Crippen molar-refractivity contribution in [2.75, 3.05) is 20.3 Å². The summed E-state index contributed by atoms with van der Waals surface area (Å²) in [5.74, 6) is 0.247. The van der Waals surface area contributed by atoms with E-state index in [1.165, 1.54) is 22.4 Å². The molecule has 1 atom stereocenters. The Hall–Kier alpha value is -1.18. The average molecular weight is 275 g/mol. The van der Waals surface area contributed by atoms with Crippen molar-refractivity contribution in [3.8, 4) is 0 Å². The summed E-state index contributed by atoms with van der Waals surface area (Å²) in [4.78, 5) is 21.0. The number of aromatic nitrogens is 1. The number of thiazole rings is 1. The fourth-order valence-electron chi connectivity index (χ4n) is 1.57. The maximum Gasteiger partial charge on any atom is 0.346 e. The zero-order valence-electron chi connectivity index (χ0n) is 9.09. The van der Waals surface area contributed by atoms with Crippen molar-refractivity contribution in [3.63, 3.8) is 0 Å². The van der Waals surface area contributed by atoms with Crippen molar-refractivity contribution in [3.05, 3.63) is 15.5 Å². The van der Waals surface area contributed by atoms with Crippen molar-refractivity contribution in [2.45, 2.75) is 6.04 Å². The topological polar surface area (TPSA) is 80.8 Å². The maximum absolute atomic E-state index is 11.6. The minimum atomic E-state index is -0.421. The van der Waals surface area contributed by atoms with Gasteiger partial charge in [-0.2, -0.15) is 4.99 Å². The molecule has 1 aromatic rings. The molecule has 2 amide bonds. The second-order valence-corrected chi connectivity index (χ2v) is 5.10. The zero-order valence-corrected chi connectivity index (χ0v) is 10.7. The average Bonchev–Trinajstić information content (AvgIpc) is 2.80. The Labute approximate surface area is 107 Å². The van der Waals surface area contributed by atoms with Crippen molar-refractivity contribution in [1.29, 1.82) is 0 Å². The summed E-state index contributed by atoms with van der Waals surface area (Å²) >= 11 is 7.11. The van der Waals surface area contributed by atoms with Crippen molar-refractivity contribution >= 4 is 34.8 Å². The van der Waals surface area contributed by atoms with E-state index in [-0.39, 0.29) is 11.9 Å². The fraction of sp³-hybridized carbons (Fsp3) is 0.444. The summed E-state index contributed by atoms with van der Waals surface area (Å²) in [6.45, 7) is 0.839. The predicted octanol–water partition coefficient (Wildman–Crippen LogP) is 1.28. The number of halogens is 1. The molecule has 0 radical (unpaired) electrons. The molecule has 2 N–H and O–H groups in total. The number of nitrogens with zero attached hydrogens (tertiary/aromatic N) is 3. The van der Waals surface area contributed by atoms with Crippen LogP contribution in [0.5, 0.6) is 0 Å². The van der Waals surface area contributed by atoms with E-state index >= 15 is 0 Å². The number of hydrogen-bond acceptors (Lipinski definition) is 5. The summed E-state index contributed by atoms with van der Waals surface area (Å²) in [6, 6.07) is -0.786. The van der Waals surface area contributed by atoms with E-state index < -0.39 is 6.04 Å². The van der Waals surface area contributed by atoms with Crippen molar-refractivity contribution in [2.24, 2.45) is 10.7 Å². The molecule has 92 valence electrons. The van der Waals surface area contributed by atoms with Crippen LogP contribution in [0.4, 0.5) is 4.79 Å². The summed E-state index contributed by atoms with van der Waals surface area (Å²) in [6.07, 6.45) is 1.53. The third kappa shape index (κ3) is 2.41. The highest BCUT2D eigenvalue weighted by atomic mass is 35.5. The molecule has 0 fully saturated rings. The molecule has 0 aromatic carbocycles. The van der Waals surface area contributed by atoms with E-state index in [2.05, 4.69) is 9.98 Å². The van der Waals surface area contributed by atoms with Crippen LogP contribution in [0, 0.1) is 0 Å². The second kappa shape index (κ2) is 4.99. The molecule has 1 aromatic heterocycles. The number of amidine groups is 1.